The molecule has 32 heavy (non-hydrogen) atoms. The highest BCUT2D eigenvalue weighted by atomic mass is 16.3. The average Bonchev–Trinajstić information content (AvgIpc) is 3.40. The molecule has 0 bridgehead atoms. The van der Waals surface area contributed by atoms with Crippen LogP contribution < -0.4 is 0 Å². The molecule has 1 aromatic heterocycles. The number of carbonyl (C=O) groups is 1. The van der Waals surface area contributed by atoms with E-state index in [0.717, 1.165) is 61.7 Å². The Morgan fingerprint density at radius 3 is 2.66 bits per heavy atom. The van der Waals surface area contributed by atoms with Crippen LogP contribution in [0.25, 0.3) is 12.2 Å². The molecular formula is C28H38N2O2. The Hall–Kier alpha value is -2.32. The van der Waals surface area contributed by atoms with Crippen LogP contribution in [0.4, 0.5) is 0 Å². The highest BCUT2D eigenvalue weighted by molar-refractivity contribution is 5.97. The van der Waals surface area contributed by atoms with Crippen molar-refractivity contribution in [1.82, 2.24) is 4.90 Å². The van der Waals surface area contributed by atoms with Gasteiger partial charge in [-0.05, 0) is 62.3 Å². The first-order valence-electron chi connectivity index (χ1n) is 12.5. The SMILES string of the molecule is C=C=Cc1oc(C(C)=NCC2CC23CCN(C(=O)CC2CCCCCC2)CC3)cc1C=C. The molecule has 2 heterocycles. The van der Waals surface area contributed by atoms with Crippen LogP contribution in [0.2, 0.25) is 0 Å². The Labute approximate surface area is 193 Å². The van der Waals surface area contributed by atoms with Crippen LogP contribution >= 0.6 is 0 Å². The fourth-order valence-corrected chi connectivity index (χ4v) is 5.74. The molecule has 1 atom stereocenters. The van der Waals surface area contributed by atoms with Crippen LogP contribution in [0.3, 0.4) is 0 Å². The van der Waals surface area contributed by atoms with Gasteiger partial charge in [0.05, 0.1) is 5.71 Å². The van der Waals surface area contributed by atoms with Crippen molar-refractivity contribution in [2.45, 2.75) is 71.1 Å². The molecule has 0 N–H and O–H groups in total. The first kappa shape index (κ1) is 22.9. The Morgan fingerprint density at radius 1 is 1.28 bits per heavy atom. The van der Waals surface area contributed by atoms with Crippen molar-refractivity contribution in [1.29, 1.82) is 0 Å². The maximum Gasteiger partial charge on any atom is 0.222 e. The Kier molecular flexibility index (Phi) is 7.20. The maximum absolute atomic E-state index is 12.8. The van der Waals surface area contributed by atoms with Gasteiger partial charge in [-0.1, -0.05) is 44.9 Å². The van der Waals surface area contributed by atoms with E-state index in [0.29, 0.717) is 23.2 Å². The number of hydrogen-bond acceptors (Lipinski definition) is 3. The number of hydrogen-bond donors (Lipinski definition) is 0. The van der Waals surface area contributed by atoms with Gasteiger partial charge in [0.1, 0.15) is 11.5 Å². The first-order valence-corrected chi connectivity index (χ1v) is 12.5. The van der Waals surface area contributed by atoms with Crippen molar-refractivity contribution in [2.24, 2.45) is 22.2 Å². The summed E-state index contributed by atoms with van der Waals surface area (Å²) in [6, 6.07) is 1.98. The van der Waals surface area contributed by atoms with Gasteiger partial charge in [-0.2, -0.15) is 0 Å². The predicted molar refractivity (Wildman–Crippen MR) is 132 cm³/mol. The van der Waals surface area contributed by atoms with Gasteiger partial charge in [0.15, 0.2) is 0 Å². The van der Waals surface area contributed by atoms with Crippen LogP contribution in [0.5, 0.6) is 0 Å². The number of rotatable bonds is 7. The summed E-state index contributed by atoms with van der Waals surface area (Å²) in [5.41, 5.74) is 5.04. The molecule has 172 valence electrons. The number of amides is 1. The van der Waals surface area contributed by atoms with Crippen LogP contribution in [-0.2, 0) is 4.79 Å². The summed E-state index contributed by atoms with van der Waals surface area (Å²) in [5, 5.41) is 0. The van der Waals surface area contributed by atoms with E-state index in [1.807, 2.05) is 13.0 Å². The van der Waals surface area contributed by atoms with Crippen molar-refractivity contribution in [3.8, 4) is 0 Å². The van der Waals surface area contributed by atoms with Crippen LogP contribution in [0, 0.1) is 17.3 Å². The van der Waals surface area contributed by atoms with Gasteiger partial charge in [0.25, 0.3) is 0 Å². The lowest BCUT2D eigenvalue weighted by molar-refractivity contribution is -0.134. The summed E-state index contributed by atoms with van der Waals surface area (Å²) in [6.07, 6.45) is 15.6. The van der Waals surface area contributed by atoms with Gasteiger partial charge in [-0.15, -0.1) is 5.73 Å². The van der Waals surface area contributed by atoms with Crippen LogP contribution in [-0.4, -0.2) is 36.2 Å². The number of furan rings is 1. The van der Waals surface area contributed by atoms with E-state index in [9.17, 15) is 4.79 Å². The Bertz CT molecular complexity index is 902. The molecule has 1 unspecified atom stereocenters. The highest BCUT2D eigenvalue weighted by Gasteiger charge is 2.54. The number of likely N-dealkylation sites (tertiary alicyclic amines) is 1. The Morgan fingerprint density at radius 2 is 2.00 bits per heavy atom. The minimum atomic E-state index is 0.401. The van der Waals surface area contributed by atoms with Gasteiger partial charge in [-0.3, -0.25) is 9.79 Å². The summed E-state index contributed by atoms with van der Waals surface area (Å²) in [4.78, 5) is 19.8. The molecule has 1 aromatic rings. The number of carbonyl (C=O) groups excluding carboxylic acids is 1. The molecule has 2 aliphatic carbocycles. The molecule has 4 nitrogen and oxygen atoms in total. The molecular weight excluding hydrogens is 396 g/mol. The van der Waals surface area contributed by atoms with Gasteiger partial charge in [0, 0.05) is 37.7 Å². The molecule has 1 saturated heterocycles. The van der Waals surface area contributed by atoms with E-state index in [1.54, 1.807) is 12.2 Å². The van der Waals surface area contributed by atoms with E-state index in [-0.39, 0.29) is 0 Å². The van der Waals surface area contributed by atoms with Gasteiger partial charge < -0.3 is 9.32 Å². The fourth-order valence-electron chi connectivity index (χ4n) is 5.74. The van der Waals surface area contributed by atoms with E-state index in [4.69, 9.17) is 9.41 Å². The lowest BCUT2D eigenvalue weighted by Gasteiger charge is -2.34. The zero-order valence-electron chi connectivity index (χ0n) is 19.7. The second kappa shape index (κ2) is 10.1. The van der Waals surface area contributed by atoms with E-state index in [1.165, 1.54) is 44.9 Å². The standard InChI is InChI=1S/C28H38N2O2/c1-4-10-25-23(5-2)18-26(32-25)21(3)29-20-24-19-28(24)13-15-30(16-14-28)27(31)17-22-11-8-6-7-9-12-22/h5,10,18,22,24H,1-2,6-9,11-17,19-20H2,3H3. The number of nitrogens with zero attached hydrogens (tertiary/aromatic N) is 2. The third kappa shape index (κ3) is 5.18. The second-order valence-electron chi connectivity index (χ2n) is 10.1. The van der Waals surface area contributed by atoms with Crippen molar-refractivity contribution in [3.05, 3.63) is 42.0 Å². The summed E-state index contributed by atoms with van der Waals surface area (Å²) < 4.78 is 5.90. The largest absolute Gasteiger partial charge is 0.454 e. The Balaban J connectivity index is 1.26. The van der Waals surface area contributed by atoms with Crippen molar-refractivity contribution in [3.63, 3.8) is 0 Å². The van der Waals surface area contributed by atoms with Gasteiger partial charge >= 0.3 is 0 Å². The van der Waals surface area contributed by atoms with Crippen molar-refractivity contribution < 1.29 is 9.21 Å². The molecule has 1 spiro atoms. The van der Waals surface area contributed by atoms with E-state index in [2.05, 4.69) is 23.8 Å². The molecule has 1 amide bonds. The predicted octanol–water partition coefficient (Wildman–Crippen LogP) is 6.52. The third-order valence-corrected chi connectivity index (χ3v) is 8.06. The molecule has 0 aromatic carbocycles. The van der Waals surface area contributed by atoms with Crippen molar-refractivity contribution >= 4 is 23.8 Å². The number of piperidine rings is 1. The lowest BCUT2D eigenvalue weighted by atomic mass is 9.89. The summed E-state index contributed by atoms with van der Waals surface area (Å²) >= 11 is 0. The number of aliphatic imine (C=N–C) groups is 1. The monoisotopic (exact) mass is 434 g/mol. The highest BCUT2D eigenvalue weighted by Crippen LogP contribution is 2.59. The molecule has 4 rings (SSSR count). The lowest BCUT2D eigenvalue weighted by Crippen LogP contribution is -2.40. The molecule has 4 heteroatoms. The molecule has 3 fully saturated rings. The minimum Gasteiger partial charge on any atom is -0.454 e. The molecule has 1 aliphatic heterocycles. The molecule has 0 radical (unpaired) electrons. The summed E-state index contributed by atoms with van der Waals surface area (Å²) in [6.45, 7) is 12.2. The van der Waals surface area contributed by atoms with E-state index >= 15 is 0 Å². The van der Waals surface area contributed by atoms with Crippen LogP contribution in [0.15, 0.2) is 34.4 Å². The first-order chi connectivity index (χ1) is 15.5. The van der Waals surface area contributed by atoms with Crippen LogP contribution in [0.1, 0.15) is 88.2 Å². The molecule has 2 saturated carbocycles. The normalized spacial score (nSPS) is 23.5. The smallest absolute Gasteiger partial charge is 0.222 e. The second-order valence-corrected chi connectivity index (χ2v) is 10.1. The summed E-state index contributed by atoms with van der Waals surface area (Å²) in [5.74, 6) is 3.17. The zero-order chi connectivity index (χ0) is 22.6. The van der Waals surface area contributed by atoms with Gasteiger partial charge in [0.2, 0.25) is 5.91 Å². The van der Waals surface area contributed by atoms with Crippen molar-refractivity contribution in [2.75, 3.05) is 19.6 Å². The quantitative estimate of drug-likeness (QED) is 0.279. The van der Waals surface area contributed by atoms with E-state index < -0.39 is 0 Å². The topological polar surface area (TPSA) is 45.8 Å². The van der Waals surface area contributed by atoms with Gasteiger partial charge in [-0.25, -0.2) is 0 Å². The summed E-state index contributed by atoms with van der Waals surface area (Å²) in [7, 11) is 0. The maximum atomic E-state index is 12.8. The zero-order valence-corrected chi connectivity index (χ0v) is 19.7. The average molecular weight is 435 g/mol. The minimum absolute atomic E-state index is 0.401. The molecule has 3 aliphatic rings. The fraction of sp³-hybridized carbons (Fsp3) is 0.607. The third-order valence-electron chi connectivity index (χ3n) is 8.06.